The van der Waals surface area contributed by atoms with Gasteiger partial charge in [-0.2, -0.15) is 0 Å². The van der Waals surface area contributed by atoms with Crippen LogP contribution in [-0.4, -0.2) is 18.1 Å². The topological polar surface area (TPSA) is 67.1 Å². The molecule has 2 amide bonds. The van der Waals surface area contributed by atoms with Crippen LogP contribution in [0.4, 0.5) is 10.5 Å². The molecule has 2 unspecified atom stereocenters. The van der Waals surface area contributed by atoms with Gasteiger partial charge in [-0.25, -0.2) is 4.79 Å². The van der Waals surface area contributed by atoms with Gasteiger partial charge < -0.3 is 16.4 Å². The summed E-state index contributed by atoms with van der Waals surface area (Å²) < 4.78 is 0. The number of benzene rings is 1. The number of urea groups is 1. The summed E-state index contributed by atoms with van der Waals surface area (Å²) in [6, 6.07) is 4.71. The number of nitrogens with one attached hydrogen (secondary N) is 2. The van der Waals surface area contributed by atoms with Crippen LogP contribution in [0.2, 0.25) is 10.0 Å². The van der Waals surface area contributed by atoms with Gasteiger partial charge in [-0.1, -0.05) is 23.2 Å². The molecule has 0 saturated heterocycles. The van der Waals surface area contributed by atoms with Crippen molar-refractivity contribution in [2.24, 2.45) is 5.73 Å². The summed E-state index contributed by atoms with van der Waals surface area (Å²) in [4.78, 5) is 11.5. The van der Waals surface area contributed by atoms with Crippen molar-refractivity contribution >= 4 is 34.9 Å². The summed E-state index contributed by atoms with van der Waals surface area (Å²) in [5, 5.41) is 6.33. The number of amides is 2. The number of hydrogen-bond donors (Lipinski definition) is 3. The highest BCUT2D eigenvalue weighted by molar-refractivity contribution is 6.35. The zero-order valence-corrected chi connectivity index (χ0v) is 9.85. The van der Waals surface area contributed by atoms with E-state index in [2.05, 4.69) is 10.6 Å². The Morgan fingerprint density at radius 2 is 1.88 bits per heavy atom. The van der Waals surface area contributed by atoms with E-state index in [-0.39, 0.29) is 18.1 Å². The maximum absolute atomic E-state index is 11.5. The van der Waals surface area contributed by atoms with Gasteiger partial charge >= 0.3 is 6.03 Å². The van der Waals surface area contributed by atoms with E-state index in [1.54, 1.807) is 18.2 Å². The Labute approximate surface area is 103 Å². The lowest BCUT2D eigenvalue weighted by molar-refractivity contribution is 0.251. The maximum Gasteiger partial charge on any atom is 0.319 e. The third kappa shape index (κ3) is 3.01. The Bertz CT molecular complexity index is 404. The van der Waals surface area contributed by atoms with E-state index in [4.69, 9.17) is 28.9 Å². The van der Waals surface area contributed by atoms with Crippen LogP contribution in [0.15, 0.2) is 18.2 Å². The molecule has 0 aliphatic heterocycles. The quantitative estimate of drug-likeness (QED) is 0.763. The Hall–Kier alpha value is -0.970. The maximum atomic E-state index is 11.5. The molecule has 2 atom stereocenters. The molecule has 0 radical (unpaired) electrons. The molecule has 4 nitrogen and oxygen atoms in total. The Morgan fingerprint density at radius 1 is 1.31 bits per heavy atom. The predicted molar refractivity (Wildman–Crippen MR) is 65.0 cm³/mol. The van der Waals surface area contributed by atoms with E-state index in [0.29, 0.717) is 15.7 Å². The van der Waals surface area contributed by atoms with Crippen molar-refractivity contribution in [1.29, 1.82) is 0 Å². The zero-order valence-electron chi connectivity index (χ0n) is 8.34. The van der Waals surface area contributed by atoms with Crippen molar-refractivity contribution in [2.75, 3.05) is 5.32 Å². The van der Waals surface area contributed by atoms with Gasteiger partial charge in [0.15, 0.2) is 0 Å². The molecule has 1 aromatic carbocycles. The highest BCUT2D eigenvalue weighted by Crippen LogP contribution is 2.23. The summed E-state index contributed by atoms with van der Waals surface area (Å²) in [7, 11) is 0. The molecule has 1 aromatic rings. The van der Waals surface area contributed by atoms with Gasteiger partial charge in [-0.15, -0.1) is 0 Å². The average Bonchev–Trinajstić information content (AvgIpc) is 2.78. The first-order chi connectivity index (χ1) is 7.54. The summed E-state index contributed by atoms with van der Waals surface area (Å²) in [5.41, 5.74) is 6.13. The molecule has 0 bridgehead atoms. The minimum absolute atomic E-state index is 0.0775. The molecular formula is C10H11Cl2N3O. The van der Waals surface area contributed by atoms with Crippen LogP contribution in [0.3, 0.4) is 0 Å². The lowest BCUT2D eigenvalue weighted by Gasteiger charge is -2.07. The van der Waals surface area contributed by atoms with E-state index in [1.165, 1.54) is 0 Å². The molecule has 6 heteroatoms. The highest BCUT2D eigenvalue weighted by atomic mass is 35.5. The Kier molecular flexibility index (Phi) is 3.23. The molecular weight excluding hydrogens is 249 g/mol. The van der Waals surface area contributed by atoms with Crippen molar-refractivity contribution in [3.63, 3.8) is 0 Å². The highest BCUT2D eigenvalue weighted by Gasteiger charge is 2.34. The van der Waals surface area contributed by atoms with Crippen LogP contribution in [-0.2, 0) is 0 Å². The van der Waals surface area contributed by atoms with Crippen molar-refractivity contribution in [3.05, 3.63) is 28.2 Å². The number of rotatable bonds is 2. The van der Waals surface area contributed by atoms with Crippen LogP contribution in [0.1, 0.15) is 6.42 Å². The number of carbonyl (C=O) groups excluding carboxylic acids is 1. The Balaban J connectivity index is 1.95. The van der Waals surface area contributed by atoms with Gasteiger partial charge in [0.25, 0.3) is 0 Å². The molecule has 0 aromatic heterocycles. The van der Waals surface area contributed by atoms with Gasteiger partial charge in [0.2, 0.25) is 0 Å². The third-order valence-corrected chi connectivity index (χ3v) is 2.71. The number of nitrogens with two attached hydrogens (primary N) is 1. The molecule has 4 N–H and O–H groups in total. The molecule has 2 rings (SSSR count). The van der Waals surface area contributed by atoms with Crippen LogP contribution in [0.25, 0.3) is 0 Å². The van der Waals surface area contributed by atoms with Gasteiger partial charge in [-0.05, 0) is 24.6 Å². The second kappa shape index (κ2) is 4.49. The number of carbonyl (C=O) groups is 1. The van der Waals surface area contributed by atoms with Gasteiger partial charge in [0, 0.05) is 27.8 Å². The molecule has 1 aliphatic rings. The lowest BCUT2D eigenvalue weighted by Crippen LogP contribution is -2.33. The minimum atomic E-state index is -0.295. The smallest absolute Gasteiger partial charge is 0.319 e. The van der Waals surface area contributed by atoms with E-state index in [9.17, 15) is 4.79 Å². The van der Waals surface area contributed by atoms with Gasteiger partial charge in [0.05, 0.1) is 0 Å². The van der Waals surface area contributed by atoms with Crippen molar-refractivity contribution in [2.45, 2.75) is 18.5 Å². The summed E-state index contributed by atoms with van der Waals surface area (Å²) in [5.74, 6) is 0. The molecule has 1 saturated carbocycles. The SMILES string of the molecule is NC1CC1NC(=O)Nc1cc(Cl)cc(Cl)c1. The molecule has 0 spiro atoms. The third-order valence-electron chi connectivity index (χ3n) is 2.28. The predicted octanol–water partition coefficient (Wildman–Crippen LogP) is 2.21. The standard InChI is InChI=1S/C10H11Cl2N3O/c11-5-1-6(12)3-7(2-5)14-10(16)15-9-4-8(9)13/h1-3,8-9H,4,13H2,(H2,14,15,16). The van der Waals surface area contributed by atoms with Gasteiger partial charge in [0.1, 0.15) is 0 Å². The Morgan fingerprint density at radius 3 is 2.38 bits per heavy atom. The first kappa shape index (κ1) is 11.5. The monoisotopic (exact) mass is 259 g/mol. The van der Waals surface area contributed by atoms with E-state index in [0.717, 1.165) is 6.42 Å². The number of halogens is 2. The zero-order chi connectivity index (χ0) is 11.7. The summed E-state index contributed by atoms with van der Waals surface area (Å²) in [6.45, 7) is 0. The molecule has 86 valence electrons. The van der Waals surface area contributed by atoms with Crippen molar-refractivity contribution < 1.29 is 4.79 Å². The summed E-state index contributed by atoms with van der Waals surface area (Å²) >= 11 is 11.6. The lowest BCUT2D eigenvalue weighted by atomic mass is 10.3. The number of hydrogen-bond acceptors (Lipinski definition) is 2. The summed E-state index contributed by atoms with van der Waals surface area (Å²) in [6.07, 6.45) is 0.823. The number of anilines is 1. The van der Waals surface area contributed by atoms with E-state index >= 15 is 0 Å². The fraction of sp³-hybridized carbons (Fsp3) is 0.300. The second-order valence-electron chi connectivity index (χ2n) is 3.76. The molecule has 1 fully saturated rings. The fourth-order valence-electron chi connectivity index (χ4n) is 1.34. The molecule has 1 aliphatic carbocycles. The minimum Gasteiger partial charge on any atom is -0.334 e. The van der Waals surface area contributed by atoms with Crippen LogP contribution in [0.5, 0.6) is 0 Å². The van der Waals surface area contributed by atoms with Crippen molar-refractivity contribution in [3.8, 4) is 0 Å². The first-order valence-corrected chi connectivity index (χ1v) is 5.59. The van der Waals surface area contributed by atoms with Crippen molar-refractivity contribution in [1.82, 2.24) is 5.32 Å². The van der Waals surface area contributed by atoms with Crippen LogP contribution < -0.4 is 16.4 Å². The molecule has 16 heavy (non-hydrogen) atoms. The second-order valence-corrected chi connectivity index (χ2v) is 4.64. The van der Waals surface area contributed by atoms with Gasteiger partial charge in [-0.3, -0.25) is 0 Å². The van der Waals surface area contributed by atoms with E-state index < -0.39 is 0 Å². The van der Waals surface area contributed by atoms with Crippen LogP contribution >= 0.6 is 23.2 Å². The van der Waals surface area contributed by atoms with E-state index in [1.807, 2.05) is 0 Å². The average molecular weight is 260 g/mol. The molecule has 0 heterocycles. The largest absolute Gasteiger partial charge is 0.334 e. The normalized spacial score (nSPS) is 22.7. The first-order valence-electron chi connectivity index (χ1n) is 4.84. The van der Waals surface area contributed by atoms with Crippen LogP contribution in [0, 0.1) is 0 Å². The fourth-order valence-corrected chi connectivity index (χ4v) is 1.87.